The third-order valence-electron chi connectivity index (χ3n) is 4.01. The zero-order valence-electron chi connectivity index (χ0n) is 12.3. The summed E-state index contributed by atoms with van der Waals surface area (Å²) < 4.78 is 0. The van der Waals surface area contributed by atoms with Crippen molar-refractivity contribution in [1.82, 2.24) is 19.9 Å². The van der Waals surface area contributed by atoms with Gasteiger partial charge in [0.2, 0.25) is 23.8 Å². The minimum atomic E-state index is 0.0692. The highest BCUT2D eigenvalue weighted by Crippen LogP contribution is 2.20. The second kappa shape index (κ2) is 5.71. The summed E-state index contributed by atoms with van der Waals surface area (Å²) in [5.74, 6) is 1.42. The van der Waals surface area contributed by atoms with Crippen LogP contribution >= 0.6 is 0 Å². The number of likely N-dealkylation sites (N-methyl/N-ethyl adjacent to an activating group) is 1. The Morgan fingerprint density at radius 1 is 0.905 bits per heavy atom. The van der Waals surface area contributed by atoms with Gasteiger partial charge in [-0.1, -0.05) is 0 Å². The molecule has 0 atom stereocenters. The van der Waals surface area contributed by atoms with Crippen molar-refractivity contribution in [3.63, 3.8) is 0 Å². The zero-order chi connectivity index (χ0) is 14.8. The van der Waals surface area contributed by atoms with Crippen LogP contribution in [0, 0.1) is 0 Å². The lowest BCUT2D eigenvalue weighted by Crippen LogP contribution is -2.49. The van der Waals surface area contributed by atoms with Crippen LogP contribution in [-0.4, -0.2) is 65.5 Å². The van der Waals surface area contributed by atoms with Gasteiger partial charge in [-0.25, -0.2) is 0 Å². The second-order valence-corrected chi connectivity index (χ2v) is 5.58. The van der Waals surface area contributed by atoms with Gasteiger partial charge in [-0.05, 0) is 19.3 Å². The van der Waals surface area contributed by atoms with Crippen molar-refractivity contribution in [2.24, 2.45) is 0 Å². The van der Waals surface area contributed by atoms with Gasteiger partial charge in [0.1, 0.15) is 0 Å². The Balaban J connectivity index is 1.82. The van der Waals surface area contributed by atoms with Crippen LogP contribution in [0.5, 0.6) is 0 Å². The molecular formula is C13H21N7O. The maximum Gasteiger partial charge on any atom is 0.242 e. The molecule has 2 N–H and O–H groups in total. The fourth-order valence-electron chi connectivity index (χ4n) is 2.68. The fourth-order valence-corrected chi connectivity index (χ4v) is 2.68. The van der Waals surface area contributed by atoms with Gasteiger partial charge in [0.25, 0.3) is 0 Å². The zero-order valence-corrected chi connectivity index (χ0v) is 12.3. The molecule has 0 aliphatic carbocycles. The van der Waals surface area contributed by atoms with Crippen LogP contribution in [0.1, 0.15) is 19.3 Å². The molecule has 2 aliphatic rings. The number of carbonyl (C=O) groups excluding carboxylic acids is 1. The number of carbonyl (C=O) groups is 1. The van der Waals surface area contributed by atoms with E-state index >= 15 is 0 Å². The average Bonchev–Trinajstić information content (AvgIpc) is 2.50. The summed E-state index contributed by atoms with van der Waals surface area (Å²) in [6, 6.07) is 0. The maximum absolute atomic E-state index is 11.8. The number of hydrogen-bond acceptors (Lipinski definition) is 7. The summed E-state index contributed by atoms with van der Waals surface area (Å²) in [5, 5.41) is 0. The number of anilines is 3. The van der Waals surface area contributed by atoms with Gasteiger partial charge in [-0.3, -0.25) is 4.79 Å². The Hall–Kier alpha value is -2.12. The highest BCUT2D eigenvalue weighted by molar-refractivity contribution is 5.82. The first-order chi connectivity index (χ1) is 10.1. The Morgan fingerprint density at radius 3 is 2.24 bits per heavy atom. The number of amides is 1. The van der Waals surface area contributed by atoms with Crippen LogP contribution < -0.4 is 15.5 Å². The molecule has 2 saturated heterocycles. The van der Waals surface area contributed by atoms with E-state index < -0.39 is 0 Å². The molecule has 0 bridgehead atoms. The van der Waals surface area contributed by atoms with Crippen LogP contribution in [0.4, 0.5) is 17.8 Å². The molecule has 114 valence electrons. The van der Waals surface area contributed by atoms with E-state index in [0.717, 1.165) is 25.9 Å². The van der Waals surface area contributed by atoms with E-state index in [1.807, 2.05) is 4.90 Å². The van der Waals surface area contributed by atoms with Crippen LogP contribution in [0.25, 0.3) is 0 Å². The van der Waals surface area contributed by atoms with Crippen molar-refractivity contribution in [3.05, 3.63) is 0 Å². The molecule has 3 rings (SSSR count). The molecule has 0 aromatic carbocycles. The minimum Gasteiger partial charge on any atom is -0.368 e. The monoisotopic (exact) mass is 291 g/mol. The van der Waals surface area contributed by atoms with Gasteiger partial charge in [0, 0.05) is 33.2 Å². The van der Waals surface area contributed by atoms with Crippen molar-refractivity contribution in [3.8, 4) is 0 Å². The molecule has 0 saturated carbocycles. The summed E-state index contributed by atoms with van der Waals surface area (Å²) in [6.07, 6.45) is 3.54. The number of nitrogens with two attached hydrogens (primary N) is 1. The molecule has 0 radical (unpaired) electrons. The Kier molecular flexibility index (Phi) is 3.76. The maximum atomic E-state index is 11.8. The Morgan fingerprint density at radius 2 is 1.57 bits per heavy atom. The number of rotatable bonds is 2. The number of piperazine rings is 1. The van der Waals surface area contributed by atoms with E-state index in [1.165, 1.54) is 6.42 Å². The molecule has 2 aliphatic heterocycles. The fraction of sp³-hybridized carbons (Fsp3) is 0.692. The summed E-state index contributed by atoms with van der Waals surface area (Å²) in [7, 11) is 1.81. The van der Waals surface area contributed by atoms with Gasteiger partial charge < -0.3 is 20.4 Å². The summed E-state index contributed by atoms with van der Waals surface area (Å²) in [5.41, 5.74) is 5.82. The smallest absolute Gasteiger partial charge is 0.242 e. The number of nitrogen functional groups attached to an aromatic ring is 1. The molecule has 1 amide bonds. The van der Waals surface area contributed by atoms with Crippen molar-refractivity contribution in [2.75, 3.05) is 55.3 Å². The third kappa shape index (κ3) is 2.98. The standard InChI is InChI=1S/C13H21N7O/c1-18-7-8-20(9-10(18)21)13-16-11(14)15-12(17-13)19-5-3-2-4-6-19/h2-9H2,1H3,(H2,14,15,16,17). The predicted molar refractivity (Wildman–Crippen MR) is 80.2 cm³/mol. The molecule has 3 heterocycles. The molecule has 1 aromatic heterocycles. The molecular weight excluding hydrogens is 270 g/mol. The summed E-state index contributed by atoms with van der Waals surface area (Å²) in [4.78, 5) is 30.5. The predicted octanol–water partition coefficient (Wildman–Crippen LogP) is -0.277. The van der Waals surface area contributed by atoms with E-state index in [9.17, 15) is 4.79 Å². The van der Waals surface area contributed by atoms with Crippen LogP contribution in [-0.2, 0) is 4.79 Å². The van der Waals surface area contributed by atoms with Crippen molar-refractivity contribution >= 4 is 23.8 Å². The number of hydrogen-bond donors (Lipinski definition) is 1. The topological polar surface area (TPSA) is 91.5 Å². The first kappa shape index (κ1) is 13.8. The lowest BCUT2D eigenvalue weighted by atomic mass is 10.1. The molecule has 8 heteroatoms. The minimum absolute atomic E-state index is 0.0692. The van der Waals surface area contributed by atoms with Crippen molar-refractivity contribution in [1.29, 1.82) is 0 Å². The van der Waals surface area contributed by atoms with E-state index in [1.54, 1.807) is 11.9 Å². The van der Waals surface area contributed by atoms with Gasteiger partial charge in [0.15, 0.2) is 0 Å². The van der Waals surface area contributed by atoms with Gasteiger partial charge in [0.05, 0.1) is 6.54 Å². The Labute approximate surface area is 124 Å². The van der Waals surface area contributed by atoms with Gasteiger partial charge in [-0.15, -0.1) is 0 Å². The molecule has 0 unspecified atom stereocenters. The van der Waals surface area contributed by atoms with E-state index in [2.05, 4.69) is 19.9 Å². The number of aromatic nitrogens is 3. The van der Waals surface area contributed by atoms with Gasteiger partial charge >= 0.3 is 0 Å². The van der Waals surface area contributed by atoms with Crippen LogP contribution in [0.3, 0.4) is 0 Å². The average molecular weight is 291 g/mol. The summed E-state index contributed by atoms with van der Waals surface area (Å²) in [6.45, 7) is 3.57. The number of nitrogens with zero attached hydrogens (tertiary/aromatic N) is 6. The second-order valence-electron chi connectivity index (χ2n) is 5.58. The number of piperidine rings is 1. The molecule has 0 spiro atoms. The highest BCUT2D eigenvalue weighted by Gasteiger charge is 2.24. The normalized spacial score (nSPS) is 20.0. The largest absolute Gasteiger partial charge is 0.368 e. The van der Waals surface area contributed by atoms with Crippen LogP contribution in [0.15, 0.2) is 0 Å². The Bertz CT molecular complexity index is 529. The summed E-state index contributed by atoms with van der Waals surface area (Å²) >= 11 is 0. The van der Waals surface area contributed by atoms with Crippen LogP contribution in [0.2, 0.25) is 0 Å². The van der Waals surface area contributed by atoms with Crippen molar-refractivity contribution < 1.29 is 4.79 Å². The van der Waals surface area contributed by atoms with Crippen molar-refractivity contribution in [2.45, 2.75) is 19.3 Å². The first-order valence-corrected chi connectivity index (χ1v) is 7.39. The molecule has 8 nitrogen and oxygen atoms in total. The lowest BCUT2D eigenvalue weighted by molar-refractivity contribution is -0.129. The SMILES string of the molecule is CN1CCN(c2nc(N)nc(N3CCCCC3)n2)CC1=O. The first-order valence-electron chi connectivity index (χ1n) is 7.39. The van der Waals surface area contributed by atoms with E-state index in [4.69, 9.17) is 5.73 Å². The molecule has 2 fully saturated rings. The highest BCUT2D eigenvalue weighted by atomic mass is 16.2. The van der Waals surface area contributed by atoms with Gasteiger partial charge in [-0.2, -0.15) is 15.0 Å². The quantitative estimate of drug-likeness (QED) is 0.801. The van der Waals surface area contributed by atoms with E-state index in [0.29, 0.717) is 31.5 Å². The lowest BCUT2D eigenvalue weighted by Gasteiger charge is -2.33. The molecule has 1 aromatic rings. The van der Waals surface area contributed by atoms with E-state index in [-0.39, 0.29) is 11.9 Å². The molecule has 21 heavy (non-hydrogen) atoms. The third-order valence-corrected chi connectivity index (χ3v) is 4.01.